The van der Waals surface area contributed by atoms with Crippen molar-refractivity contribution in [2.75, 3.05) is 6.61 Å². The quantitative estimate of drug-likeness (QED) is 0.846. The maximum absolute atomic E-state index is 9.73. The first kappa shape index (κ1) is 14.9. The highest BCUT2D eigenvalue weighted by atomic mass is 35.5. The Hall–Kier alpha value is -0.480. The highest BCUT2D eigenvalue weighted by molar-refractivity contribution is 6.35. The van der Waals surface area contributed by atoms with Crippen LogP contribution in [0.15, 0.2) is 12.1 Å². The van der Waals surface area contributed by atoms with Crippen molar-refractivity contribution in [3.05, 3.63) is 27.7 Å². The molecule has 3 nitrogen and oxygen atoms in total. The van der Waals surface area contributed by atoms with Crippen molar-refractivity contribution in [1.82, 2.24) is 5.32 Å². The topological polar surface area (TPSA) is 41.5 Å². The van der Waals surface area contributed by atoms with Crippen molar-refractivity contribution < 1.29 is 9.84 Å². The van der Waals surface area contributed by atoms with Gasteiger partial charge in [0.05, 0.1) is 10.6 Å². The number of hydrogen-bond acceptors (Lipinski definition) is 3. The van der Waals surface area contributed by atoms with Crippen LogP contribution in [0, 0.1) is 0 Å². The van der Waals surface area contributed by atoms with Gasteiger partial charge in [-0.1, -0.05) is 23.2 Å². The van der Waals surface area contributed by atoms with E-state index in [1.165, 1.54) is 12.8 Å². The van der Waals surface area contributed by atoms with Gasteiger partial charge >= 0.3 is 0 Å². The second-order valence-corrected chi connectivity index (χ2v) is 6.48. The Balaban J connectivity index is 2.12. The van der Waals surface area contributed by atoms with Gasteiger partial charge in [0.1, 0.15) is 12.4 Å². The first-order valence-electron chi connectivity index (χ1n) is 6.41. The van der Waals surface area contributed by atoms with Crippen molar-refractivity contribution in [3.63, 3.8) is 0 Å². The zero-order chi connectivity index (χ0) is 14.0. The van der Waals surface area contributed by atoms with Crippen LogP contribution in [0.2, 0.25) is 10.0 Å². The fourth-order valence-corrected chi connectivity index (χ4v) is 2.29. The van der Waals surface area contributed by atoms with Crippen LogP contribution < -0.4 is 10.1 Å². The summed E-state index contributed by atoms with van der Waals surface area (Å²) in [7, 11) is 0. The molecule has 0 aromatic heterocycles. The van der Waals surface area contributed by atoms with Crippen LogP contribution in [0.5, 0.6) is 5.75 Å². The summed E-state index contributed by atoms with van der Waals surface area (Å²) in [4.78, 5) is 0. The number of rotatable bonds is 6. The summed E-state index contributed by atoms with van der Waals surface area (Å²) in [6.07, 6.45) is 2.43. The maximum Gasteiger partial charge on any atom is 0.142 e. The average molecular weight is 304 g/mol. The lowest BCUT2D eigenvalue weighted by atomic mass is 10.1. The molecule has 5 heteroatoms. The molecule has 19 heavy (non-hydrogen) atoms. The van der Waals surface area contributed by atoms with Crippen molar-refractivity contribution in [2.45, 2.75) is 44.9 Å². The Bertz CT molecular complexity index is 453. The number of nitrogens with one attached hydrogen (secondary N) is 1. The van der Waals surface area contributed by atoms with E-state index >= 15 is 0 Å². The van der Waals surface area contributed by atoms with Crippen molar-refractivity contribution in [2.24, 2.45) is 0 Å². The van der Waals surface area contributed by atoms with Crippen molar-refractivity contribution in [3.8, 4) is 5.75 Å². The highest BCUT2D eigenvalue weighted by Gasteiger charge is 2.22. The first-order valence-corrected chi connectivity index (χ1v) is 7.17. The zero-order valence-corrected chi connectivity index (χ0v) is 12.7. The lowest BCUT2D eigenvalue weighted by Crippen LogP contribution is -2.28. The molecule has 0 saturated heterocycles. The standard InChI is InChI=1S/C14H19Cl2NO2/c1-14(2,18)8-19-13-9(7-17-11-3-4-11)5-10(15)6-12(13)16/h5-6,11,17-18H,3-4,7-8H2,1-2H3. The second-order valence-electron chi connectivity index (χ2n) is 5.63. The third-order valence-corrected chi connectivity index (χ3v) is 3.31. The van der Waals surface area contributed by atoms with Crippen LogP contribution in [-0.2, 0) is 6.54 Å². The van der Waals surface area contributed by atoms with Gasteiger partial charge in [-0.3, -0.25) is 0 Å². The Kier molecular flexibility index (Phi) is 4.62. The van der Waals surface area contributed by atoms with E-state index in [1.54, 1.807) is 19.9 Å². The molecule has 0 unspecified atom stereocenters. The minimum absolute atomic E-state index is 0.185. The molecule has 0 heterocycles. The van der Waals surface area contributed by atoms with Gasteiger partial charge in [0.2, 0.25) is 0 Å². The van der Waals surface area contributed by atoms with Gasteiger partial charge in [-0.2, -0.15) is 0 Å². The molecule has 1 aliphatic carbocycles. The van der Waals surface area contributed by atoms with Crippen LogP contribution in [0.4, 0.5) is 0 Å². The molecule has 1 aromatic carbocycles. The van der Waals surface area contributed by atoms with Gasteiger partial charge in [0.25, 0.3) is 0 Å². The van der Waals surface area contributed by atoms with Crippen molar-refractivity contribution >= 4 is 23.2 Å². The molecule has 0 spiro atoms. The molecule has 0 amide bonds. The van der Waals surface area contributed by atoms with Crippen molar-refractivity contribution in [1.29, 1.82) is 0 Å². The monoisotopic (exact) mass is 303 g/mol. The predicted molar refractivity (Wildman–Crippen MR) is 78.1 cm³/mol. The number of halogens is 2. The van der Waals surface area contributed by atoms with Gasteiger partial charge < -0.3 is 15.2 Å². The maximum atomic E-state index is 9.73. The van der Waals surface area contributed by atoms with E-state index in [-0.39, 0.29) is 6.61 Å². The van der Waals surface area contributed by atoms with Gasteiger partial charge in [0, 0.05) is 23.2 Å². The summed E-state index contributed by atoms with van der Waals surface area (Å²) in [6.45, 7) is 4.24. The Labute approximate surface area is 123 Å². The van der Waals surface area contributed by atoms with E-state index in [4.69, 9.17) is 27.9 Å². The van der Waals surface area contributed by atoms with Gasteiger partial charge in [-0.05, 0) is 38.8 Å². The Morgan fingerprint density at radius 2 is 2.05 bits per heavy atom. The highest BCUT2D eigenvalue weighted by Crippen LogP contribution is 2.33. The molecule has 1 aliphatic rings. The predicted octanol–water partition coefficient (Wildman–Crippen LogP) is 3.40. The Morgan fingerprint density at radius 1 is 1.37 bits per heavy atom. The lowest BCUT2D eigenvalue weighted by Gasteiger charge is -2.20. The zero-order valence-electron chi connectivity index (χ0n) is 11.2. The molecule has 2 N–H and O–H groups in total. The molecule has 1 aromatic rings. The third kappa shape index (κ3) is 4.84. The van der Waals surface area contributed by atoms with Gasteiger partial charge in [-0.25, -0.2) is 0 Å². The molecule has 0 aliphatic heterocycles. The van der Waals surface area contributed by atoms with Gasteiger partial charge in [-0.15, -0.1) is 0 Å². The SMILES string of the molecule is CC(C)(O)COc1c(Cl)cc(Cl)cc1CNC1CC1. The lowest BCUT2D eigenvalue weighted by molar-refractivity contribution is 0.0282. The van der Waals surface area contributed by atoms with E-state index in [9.17, 15) is 5.11 Å². The number of aliphatic hydroxyl groups is 1. The summed E-state index contributed by atoms with van der Waals surface area (Å²) in [5, 5.41) is 14.2. The molecule has 0 atom stereocenters. The van der Waals surface area contributed by atoms with E-state index in [0.717, 1.165) is 5.56 Å². The smallest absolute Gasteiger partial charge is 0.142 e. The third-order valence-electron chi connectivity index (χ3n) is 2.81. The molecule has 0 bridgehead atoms. The molecule has 1 saturated carbocycles. The van der Waals surface area contributed by atoms with Crippen LogP contribution in [0.1, 0.15) is 32.3 Å². The number of benzene rings is 1. The summed E-state index contributed by atoms with van der Waals surface area (Å²) in [6, 6.07) is 4.10. The fraction of sp³-hybridized carbons (Fsp3) is 0.571. The summed E-state index contributed by atoms with van der Waals surface area (Å²) in [5.74, 6) is 0.598. The fourth-order valence-electron chi connectivity index (χ4n) is 1.70. The van der Waals surface area contributed by atoms with Crippen LogP contribution in [-0.4, -0.2) is 23.4 Å². The van der Waals surface area contributed by atoms with E-state index in [0.29, 0.717) is 28.4 Å². The number of hydrogen-bond donors (Lipinski definition) is 2. The second kappa shape index (κ2) is 5.88. The number of ether oxygens (including phenoxy) is 1. The molecule has 1 fully saturated rings. The Morgan fingerprint density at radius 3 is 2.63 bits per heavy atom. The van der Waals surface area contributed by atoms with Crippen LogP contribution >= 0.6 is 23.2 Å². The minimum atomic E-state index is -0.899. The minimum Gasteiger partial charge on any atom is -0.489 e. The molecule has 0 radical (unpaired) electrons. The van der Waals surface area contributed by atoms with Crippen LogP contribution in [0.3, 0.4) is 0 Å². The van der Waals surface area contributed by atoms with E-state index in [1.807, 2.05) is 6.07 Å². The molecular weight excluding hydrogens is 285 g/mol. The van der Waals surface area contributed by atoms with Crippen LogP contribution in [0.25, 0.3) is 0 Å². The molecular formula is C14H19Cl2NO2. The largest absolute Gasteiger partial charge is 0.489 e. The first-order chi connectivity index (χ1) is 8.85. The van der Waals surface area contributed by atoms with E-state index < -0.39 is 5.60 Å². The summed E-state index contributed by atoms with van der Waals surface area (Å²) < 4.78 is 5.66. The summed E-state index contributed by atoms with van der Waals surface area (Å²) in [5.41, 5.74) is 0.0260. The molecule has 106 valence electrons. The molecule has 2 rings (SSSR count). The van der Waals surface area contributed by atoms with E-state index in [2.05, 4.69) is 5.32 Å². The summed E-state index contributed by atoms with van der Waals surface area (Å²) >= 11 is 12.2. The van der Waals surface area contributed by atoms with Gasteiger partial charge in [0.15, 0.2) is 0 Å². The average Bonchev–Trinajstić information content (AvgIpc) is 3.06. The normalized spacial score (nSPS) is 15.6.